The van der Waals surface area contributed by atoms with Gasteiger partial charge in [0.05, 0.1) is 0 Å². The van der Waals surface area contributed by atoms with E-state index in [1.54, 1.807) is 23.2 Å². The Bertz CT molecular complexity index is 2220. The van der Waals surface area contributed by atoms with Gasteiger partial charge in [0.1, 0.15) is 0 Å². The first kappa shape index (κ1) is 43.5. The van der Waals surface area contributed by atoms with Crippen molar-refractivity contribution in [2.75, 3.05) is 0 Å². The minimum atomic E-state index is -2.82. The molecule has 5 aromatic carbocycles. The fourth-order valence-corrected chi connectivity index (χ4v) is 19.1. The summed E-state index contributed by atoms with van der Waals surface area (Å²) in [5, 5.41) is 0. The maximum Gasteiger partial charge on any atom is -1.00 e. The van der Waals surface area contributed by atoms with E-state index in [1.807, 2.05) is 0 Å². The van der Waals surface area contributed by atoms with Gasteiger partial charge in [-0.1, -0.05) is 0 Å². The average molecular weight is 871 g/mol. The molecule has 3 aliphatic carbocycles. The molecule has 0 amide bonds. The molecule has 0 saturated heterocycles. The summed E-state index contributed by atoms with van der Waals surface area (Å²) < 4.78 is 3.80. The first-order chi connectivity index (χ1) is 26.2. The molecule has 294 valence electrons. The van der Waals surface area contributed by atoms with E-state index in [-0.39, 0.29) is 35.6 Å². The van der Waals surface area contributed by atoms with E-state index in [1.165, 1.54) is 82.2 Å². The van der Waals surface area contributed by atoms with Crippen molar-refractivity contribution in [3.8, 4) is 33.4 Å². The van der Waals surface area contributed by atoms with Crippen LogP contribution in [0.4, 0.5) is 0 Å². The van der Waals surface area contributed by atoms with Crippen molar-refractivity contribution in [3.05, 3.63) is 164 Å². The van der Waals surface area contributed by atoms with Gasteiger partial charge in [-0.3, -0.25) is 0 Å². The molecule has 5 aromatic rings. The number of halogens is 2. The third kappa shape index (κ3) is 8.25. The third-order valence-corrected chi connectivity index (χ3v) is 21.8. The Morgan fingerprint density at radius 2 is 1.04 bits per heavy atom. The second-order valence-corrected chi connectivity index (χ2v) is 25.9. The standard InChI is InChI=1S/C33H33.C13H19.C8H8.2ClH.Zr/c1-32(2,3)30-20-26-24(18-28(30)22-13-9-7-10-14-22)17-25-19-29(23-15-11-8-12-16-23)31(21-27(25)26)33(4,5)6;1-11-6-7-12(10-11)13(2)8-4-3-5-9-13;1-2-8-6-4-3-5-7-8;;;/h7-21H,1-6H3;7,10-11H,3-5,8-9H2,1-2H3;3-7H,1H3;2*1H;/q;;;;;+2/p-2. The van der Waals surface area contributed by atoms with Crippen molar-refractivity contribution in [1.29, 1.82) is 0 Å². The van der Waals surface area contributed by atoms with E-state index >= 15 is 0 Å². The Morgan fingerprint density at radius 3 is 1.47 bits per heavy atom. The average Bonchev–Trinajstić information content (AvgIpc) is 3.72. The van der Waals surface area contributed by atoms with Gasteiger partial charge in [0.2, 0.25) is 0 Å². The molecule has 1 fully saturated rings. The summed E-state index contributed by atoms with van der Waals surface area (Å²) in [5.41, 5.74) is 17.7. The molecule has 57 heavy (non-hydrogen) atoms. The van der Waals surface area contributed by atoms with Gasteiger partial charge in [-0.05, 0) is 0 Å². The Kier molecular flexibility index (Phi) is 12.9. The van der Waals surface area contributed by atoms with Crippen molar-refractivity contribution < 1.29 is 46.1 Å². The zero-order chi connectivity index (χ0) is 38.7. The fraction of sp³-hybridized carbons (Fsp3) is 0.352. The van der Waals surface area contributed by atoms with Crippen molar-refractivity contribution in [1.82, 2.24) is 0 Å². The fourth-order valence-electron chi connectivity index (χ4n) is 10.1. The number of rotatable bonds is 6. The second-order valence-electron chi connectivity index (χ2n) is 19.2. The van der Waals surface area contributed by atoms with Crippen LogP contribution >= 0.6 is 0 Å². The van der Waals surface area contributed by atoms with E-state index < -0.39 is 21.3 Å². The van der Waals surface area contributed by atoms with Crippen molar-refractivity contribution in [2.45, 2.75) is 109 Å². The van der Waals surface area contributed by atoms with Crippen LogP contribution in [0.25, 0.3) is 33.4 Å². The van der Waals surface area contributed by atoms with E-state index in [2.05, 4.69) is 190 Å². The van der Waals surface area contributed by atoms with Crippen molar-refractivity contribution >= 4 is 3.21 Å². The van der Waals surface area contributed by atoms with E-state index in [9.17, 15) is 0 Å². The van der Waals surface area contributed by atoms with Gasteiger partial charge in [0, 0.05) is 0 Å². The van der Waals surface area contributed by atoms with Gasteiger partial charge in [0.25, 0.3) is 0 Å². The summed E-state index contributed by atoms with van der Waals surface area (Å²) in [6.45, 7) is 22.0. The zero-order valence-corrected chi connectivity index (χ0v) is 39.5. The maximum absolute atomic E-state index is 2.82. The zero-order valence-electron chi connectivity index (χ0n) is 35.6. The summed E-state index contributed by atoms with van der Waals surface area (Å²) in [7, 11) is 0. The summed E-state index contributed by atoms with van der Waals surface area (Å²) in [6.07, 6.45) is 12.2. The molecule has 0 spiro atoms. The molecule has 0 aliphatic heterocycles. The van der Waals surface area contributed by atoms with Gasteiger partial charge in [-0.25, -0.2) is 0 Å². The third-order valence-electron chi connectivity index (χ3n) is 13.2. The molecule has 0 bridgehead atoms. The predicted molar refractivity (Wildman–Crippen MR) is 235 cm³/mol. The molecule has 0 N–H and O–H groups in total. The van der Waals surface area contributed by atoms with Crippen molar-refractivity contribution in [3.63, 3.8) is 0 Å². The topological polar surface area (TPSA) is 0 Å². The molecule has 0 aromatic heterocycles. The van der Waals surface area contributed by atoms with Crippen LogP contribution in [0.2, 0.25) is 0 Å². The minimum absolute atomic E-state index is 0. The Morgan fingerprint density at radius 1 is 0.596 bits per heavy atom. The van der Waals surface area contributed by atoms with E-state index in [0.717, 1.165) is 0 Å². The summed E-state index contributed by atoms with van der Waals surface area (Å²) in [4.78, 5) is 0. The van der Waals surface area contributed by atoms with Crippen LogP contribution in [-0.2, 0) is 32.1 Å². The van der Waals surface area contributed by atoms with Crippen LogP contribution in [-0.4, -0.2) is 3.21 Å². The molecule has 3 heteroatoms. The van der Waals surface area contributed by atoms with Gasteiger partial charge in [-0.2, -0.15) is 0 Å². The molecule has 1 unspecified atom stereocenters. The molecule has 0 radical (unpaired) electrons. The first-order valence-corrected chi connectivity index (χ1v) is 24.8. The molecule has 0 heterocycles. The first-order valence-electron chi connectivity index (χ1n) is 20.9. The van der Waals surface area contributed by atoms with Gasteiger partial charge < -0.3 is 24.8 Å². The smallest absolute Gasteiger partial charge is 1.00 e. The molecule has 8 rings (SSSR count). The number of fused-ring (bicyclic) bond motifs is 3. The van der Waals surface area contributed by atoms with E-state index in [0.29, 0.717) is 15.0 Å². The van der Waals surface area contributed by atoms with Crippen LogP contribution in [0, 0.1) is 11.3 Å². The van der Waals surface area contributed by atoms with Gasteiger partial charge in [0.15, 0.2) is 0 Å². The van der Waals surface area contributed by atoms with Crippen LogP contribution in [0.1, 0.15) is 126 Å². The number of benzene rings is 5. The SMILES string of the molecule is C/[C](c1ccccc1)=[Zr+2](/[C]1=CC(C2(C)CCCCC2)=CC1C)[CH]1c2cc(-c3ccccc3)c(C(C)(C)C)cc2-c2cc(C(C)(C)C)c(-c3ccccc3)cc21.[Cl-].[Cl-]. The molecular formula is C54H60Cl2Zr. The maximum atomic E-state index is 2.78. The summed E-state index contributed by atoms with van der Waals surface area (Å²) >= 11 is -2.82. The summed E-state index contributed by atoms with van der Waals surface area (Å²) in [6, 6.07) is 44.5. The van der Waals surface area contributed by atoms with Gasteiger partial charge >= 0.3 is 342 Å². The number of hydrogen-bond donors (Lipinski definition) is 0. The van der Waals surface area contributed by atoms with Crippen molar-refractivity contribution in [2.24, 2.45) is 11.3 Å². The Labute approximate surface area is 364 Å². The monoisotopic (exact) mass is 868 g/mol. The van der Waals surface area contributed by atoms with Crippen LogP contribution < -0.4 is 24.8 Å². The predicted octanol–water partition coefficient (Wildman–Crippen LogP) is 8.98. The molecule has 0 nitrogen and oxygen atoms in total. The van der Waals surface area contributed by atoms with Gasteiger partial charge in [-0.15, -0.1) is 0 Å². The van der Waals surface area contributed by atoms with E-state index in [4.69, 9.17) is 0 Å². The number of allylic oxidation sites excluding steroid dienone is 4. The van der Waals surface area contributed by atoms with Crippen LogP contribution in [0.15, 0.2) is 136 Å². The molecule has 1 saturated carbocycles. The quantitative estimate of drug-likeness (QED) is 0.160. The largest absolute Gasteiger partial charge is 1.00 e. The molecule has 1 atom stereocenters. The normalized spacial score (nSPS) is 17.7. The number of hydrogen-bond acceptors (Lipinski definition) is 0. The minimum Gasteiger partial charge on any atom is -1.00 e. The van der Waals surface area contributed by atoms with Crippen LogP contribution in [0.3, 0.4) is 0 Å². The second kappa shape index (κ2) is 16.9. The summed E-state index contributed by atoms with van der Waals surface area (Å²) in [5.74, 6) is 0.458. The Hall–Kier alpha value is -3.09. The Balaban J connectivity index is 0.00000275. The molecular weight excluding hydrogens is 811 g/mol. The molecule has 3 aliphatic rings. The van der Waals surface area contributed by atoms with Crippen LogP contribution in [0.5, 0.6) is 0 Å².